The molecule has 6 nitrogen and oxygen atoms in total. The molecule has 2 aromatic rings. The van der Waals surface area contributed by atoms with Crippen molar-refractivity contribution in [3.8, 4) is 17.1 Å². The Labute approximate surface area is 118 Å². The van der Waals surface area contributed by atoms with Crippen LogP contribution in [0, 0.1) is 6.92 Å². The van der Waals surface area contributed by atoms with Crippen LogP contribution >= 0.6 is 0 Å². The van der Waals surface area contributed by atoms with Gasteiger partial charge in [-0.2, -0.15) is 15.0 Å². The molecular weight excluding hydrogens is 254 g/mol. The number of rotatable bonds is 3. The first-order chi connectivity index (χ1) is 9.38. The van der Waals surface area contributed by atoms with Gasteiger partial charge in [-0.15, -0.1) is 0 Å². The van der Waals surface area contributed by atoms with E-state index < -0.39 is 0 Å². The summed E-state index contributed by atoms with van der Waals surface area (Å²) in [6.45, 7) is 1.96. The Kier molecular flexibility index (Phi) is 3.74. The van der Waals surface area contributed by atoms with Crippen LogP contribution in [0.3, 0.4) is 0 Å². The Morgan fingerprint density at radius 2 is 1.45 bits per heavy atom. The van der Waals surface area contributed by atoms with Crippen LogP contribution in [0.25, 0.3) is 11.4 Å². The van der Waals surface area contributed by atoms with E-state index in [0.29, 0.717) is 23.3 Å². The minimum Gasteiger partial charge on any atom is -0.507 e. The zero-order valence-corrected chi connectivity index (χ0v) is 12.4. The molecule has 0 saturated carbocycles. The average Bonchev–Trinajstić information content (AvgIpc) is 2.40. The fourth-order valence-electron chi connectivity index (χ4n) is 1.70. The number of nitrogens with zero attached hydrogens (tertiary/aromatic N) is 5. The predicted molar refractivity (Wildman–Crippen MR) is 80.3 cm³/mol. The number of hydrogen-bond acceptors (Lipinski definition) is 6. The summed E-state index contributed by atoms with van der Waals surface area (Å²) in [5, 5.41) is 10.0. The Bertz CT molecular complexity index is 599. The SMILES string of the molecule is Cc1ccc(O)c(-c2nc(N(C)C)nc(N(C)C)n2)c1. The summed E-state index contributed by atoms with van der Waals surface area (Å²) in [7, 11) is 7.48. The highest BCUT2D eigenvalue weighted by atomic mass is 16.3. The summed E-state index contributed by atoms with van der Waals surface area (Å²) in [5.74, 6) is 1.74. The maximum absolute atomic E-state index is 10.0. The molecule has 0 unspecified atom stereocenters. The number of phenols is 1. The molecule has 1 heterocycles. The molecule has 0 aliphatic heterocycles. The van der Waals surface area contributed by atoms with Crippen LogP contribution in [-0.2, 0) is 0 Å². The van der Waals surface area contributed by atoms with E-state index in [9.17, 15) is 5.11 Å². The Morgan fingerprint density at radius 1 is 0.900 bits per heavy atom. The monoisotopic (exact) mass is 273 g/mol. The fourth-order valence-corrected chi connectivity index (χ4v) is 1.70. The molecule has 0 aliphatic rings. The minimum atomic E-state index is 0.163. The van der Waals surface area contributed by atoms with Gasteiger partial charge in [-0.25, -0.2) is 0 Å². The van der Waals surface area contributed by atoms with Gasteiger partial charge in [-0.1, -0.05) is 11.6 Å². The molecule has 1 aromatic carbocycles. The second-order valence-electron chi connectivity index (χ2n) is 5.07. The highest BCUT2D eigenvalue weighted by Gasteiger charge is 2.14. The maximum Gasteiger partial charge on any atom is 0.230 e. The van der Waals surface area contributed by atoms with Gasteiger partial charge in [0.25, 0.3) is 0 Å². The van der Waals surface area contributed by atoms with E-state index in [1.807, 2.05) is 57.0 Å². The highest BCUT2D eigenvalue weighted by molar-refractivity contribution is 5.66. The lowest BCUT2D eigenvalue weighted by molar-refractivity contribution is 0.476. The average molecular weight is 273 g/mol. The van der Waals surface area contributed by atoms with Crippen molar-refractivity contribution in [2.75, 3.05) is 38.0 Å². The second kappa shape index (κ2) is 5.32. The van der Waals surface area contributed by atoms with E-state index in [0.717, 1.165) is 5.56 Å². The quantitative estimate of drug-likeness (QED) is 0.918. The summed E-state index contributed by atoms with van der Waals surface area (Å²) in [6, 6.07) is 5.36. The zero-order chi connectivity index (χ0) is 14.9. The van der Waals surface area contributed by atoms with Crippen molar-refractivity contribution < 1.29 is 5.11 Å². The number of aromatic hydroxyl groups is 1. The third kappa shape index (κ3) is 2.79. The van der Waals surface area contributed by atoms with E-state index in [1.54, 1.807) is 6.07 Å². The van der Waals surface area contributed by atoms with Crippen molar-refractivity contribution >= 4 is 11.9 Å². The van der Waals surface area contributed by atoms with E-state index >= 15 is 0 Å². The molecule has 1 aromatic heterocycles. The third-order valence-corrected chi connectivity index (χ3v) is 2.80. The van der Waals surface area contributed by atoms with Crippen LogP contribution in [0.2, 0.25) is 0 Å². The molecule has 0 spiro atoms. The van der Waals surface area contributed by atoms with Crippen LogP contribution < -0.4 is 9.80 Å². The topological polar surface area (TPSA) is 65.4 Å². The van der Waals surface area contributed by atoms with Crippen LogP contribution in [0.1, 0.15) is 5.56 Å². The number of anilines is 2. The fraction of sp³-hybridized carbons (Fsp3) is 0.357. The number of aryl methyl sites for hydroxylation is 1. The molecule has 20 heavy (non-hydrogen) atoms. The smallest absolute Gasteiger partial charge is 0.230 e. The Balaban J connectivity index is 2.63. The van der Waals surface area contributed by atoms with Gasteiger partial charge in [0.1, 0.15) is 5.75 Å². The number of aromatic nitrogens is 3. The summed E-state index contributed by atoms with van der Waals surface area (Å²) >= 11 is 0. The summed E-state index contributed by atoms with van der Waals surface area (Å²) < 4.78 is 0. The van der Waals surface area contributed by atoms with E-state index in [1.165, 1.54) is 0 Å². The maximum atomic E-state index is 10.0. The van der Waals surface area contributed by atoms with Crippen LogP contribution in [0.4, 0.5) is 11.9 Å². The molecule has 6 heteroatoms. The molecule has 0 amide bonds. The number of phenolic OH excluding ortho intramolecular Hbond substituents is 1. The Morgan fingerprint density at radius 3 is 1.95 bits per heavy atom. The Hall–Kier alpha value is -2.37. The van der Waals surface area contributed by atoms with Gasteiger partial charge in [0.2, 0.25) is 11.9 Å². The van der Waals surface area contributed by atoms with Crippen molar-refractivity contribution in [2.45, 2.75) is 6.92 Å². The second-order valence-corrected chi connectivity index (χ2v) is 5.07. The van der Waals surface area contributed by atoms with Crippen molar-refractivity contribution in [1.29, 1.82) is 0 Å². The standard InChI is InChI=1S/C14H19N5O/c1-9-6-7-11(20)10(8-9)12-15-13(18(2)3)17-14(16-12)19(4)5/h6-8,20H,1-5H3. The van der Waals surface area contributed by atoms with E-state index in [-0.39, 0.29) is 5.75 Å². The molecular formula is C14H19N5O. The van der Waals surface area contributed by atoms with Gasteiger partial charge in [-0.3, -0.25) is 0 Å². The van der Waals surface area contributed by atoms with E-state index in [4.69, 9.17) is 0 Å². The lowest BCUT2D eigenvalue weighted by atomic mass is 10.1. The summed E-state index contributed by atoms with van der Waals surface area (Å²) in [4.78, 5) is 16.8. The molecule has 0 fully saturated rings. The third-order valence-electron chi connectivity index (χ3n) is 2.80. The normalized spacial score (nSPS) is 10.4. The van der Waals surface area contributed by atoms with Crippen molar-refractivity contribution in [2.24, 2.45) is 0 Å². The molecule has 0 radical (unpaired) electrons. The summed E-state index contributed by atoms with van der Waals surface area (Å²) in [6.07, 6.45) is 0. The van der Waals surface area contributed by atoms with Gasteiger partial charge in [0.05, 0.1) is 5.56 Å². The lowest BCUT2D eigenvalue weighted by Gasteiger charge is -2.16. The van der Waals surface area contributed by atoms with Gasteiger partial charge in [-0.05, 0) is 19.1 Å². The highest BCUT2D eigenvalue weighted by Crippen LogP contribution is 2.29. The number of benzene rings is 1. The molecule has 1 N–H and O–H groups in total. The molecule has 0 atom stereocenters. The first-order valence-electron chi connectivity index (χ1n) is 6.29. The van der Waals surface area contributed by atoms with Crippen LogP contribution in [0.5, 0.6) is 5.75 Å². The van der Waals surface area contributed by atoms with Gasteiger partial charge < -0.3 is 14.9 Å². The van der Waals surface area contributed by atoms with Gasteiger partial charge in [0.15, 0.2) is 5.82 Å². The minimum absolute atomic E-state index is 0.163. The van der Waals surface area contributed by atoms with Gasteiger partial charge >= 0.3 is 0 Å². The zero-order valence-electron chi connectivity index (χ0n) is 12.4. The largest absolute Gasteiger partial charge is 0.507 e. The van der Waals surface area contributed by atoms with Crippen molar-refractivity contribution in [1.82, 2.24) is 15.0 Å². The van der Waals surface area contributed by atoms with Crippen molar-refractivity contribution in [3.63, 3.8) is 0 Å². The molecule has 0 saturated heterocycles. The molecule has 0 aliphatic carbocycles. The van der Waals surface area contributed by atoms with E-state index in [2.05, 4.69) is 15.0 Å². The molecule has 106 valence electrons. The van der Waals surface area contributed by atoms with Crippen molar-refractivity contribution in [3.05, 3.63) is 23.8 Å². The lowest BCUT2D eigenvalue weighted by Crippen LogP contribution is -2.19. The van der Waals surface area contributed by atoms with Crippen LogP contribution in [0.15, 0.2) is 18.2 Å². The number of hydrogen-bond donors (Lipinski definition) is 1. The molecule has 0 bridgehead atoms. The van der Waals surface area contributed by atoms with Crippen LogP contribution in [-0.4, -0.2) is 48.2 Å². The molecule has 2 rings (SSSR count). The predicted octanol–water partition coefficient (Wildman–Crippen LogP) is 1.68. The summed E-state index contributed by atoms with van der Waals surface area (Å²) in [5.41, 5.74) is 1.65. The van der Waals surface area contributed by atoms with Gasteiger partial charge in [0, 0.05) is 28.2 Å². The first-order valence-corrected chi connectivity index (χ1v) is 6.29. The first kappa shape index (κ1) is 14.0.